The van der Waals surface area contributed by atoms with Gasteiger partial charge in [0, 0.05) is 0 Å². The summed E-state index contributed by atoms with van der Waals surface area (Å²) in [6.45, 7) is 11.8. The highest BCUT2D eigenvalue weighted by Crippen LogP contribution is 2.08. The first-order valence-corrected chi connectivity index (χ1v) is 4.69. The zero-order valence-electron chi connectivity index (χ0n) is 9.92. The topological polar surface area (TPSA) is 48.5 Å². The molecule has 0 heterocycles. The van der Waals surface area contributed by atoms with Gasteiger partial charge in [-0.05, 0) is 41.5 Å². The first-order valence-electron chi connectivity index (χ1n) is 4.69. The molecule has 3 nitrogen and oxygen atoms in total. The highest BCUT2D eigenvalue weighted by atomic mass is 14.9. The predicted molar refractivity (Wildman–Crippen MR) is 61.0 cm³/mol. The summed E-state index contributed by atoms with van der Waals surface area (Å²) in [6.07, 6.45) is 1.55. The predicted octanol–water partition coefficient (Wildman–Crippen LogP) is 2.62. The number of nitrogens with zero attached hydrogens (tertiary/aromatic N) is 3. The van der Waals surface area contributed by atoms with Crippen molar-refractivity contribution in [3.05, 3.63) is 0 Å². The lowest BCUT2D eigenvalue weighted by Crippen LogP contribution is -2.16. The molecule has 0 aliphatic rings. The SMILES string of the molecule is CC(C)(C)N=CC(C#N)=NC(C)(C)C. The van der Waals surface area contributed by atoms with E-state index in [9.17, 15) is 0 Å². The van der Waals surface area contributed by atoms with Gasteiger partial charge >= 0.3 is 0 Å². The third-order valence-corrected chi connectivity index (χ3v) is 1.14. The van der Waals surface area contributed by atoms with Crippen molar-refractivity contribution in [2.75, 3.05) is 0 Å². The Morgan fingerprint density at radius 2 is 1.57 bits per heavy atom. The van der Waals surface area contributed by atoms with E-state index in [1.807, 2.05) is 47.6 Å². The van der Waals surface area contributed by atoms with Crippen LogP contribution in [-0.4, -0.2) is 23.0 Å². The van der Waals surface area contributed by atoms with Crippen LogP contribution in [0.2, 0.25) is 0 Å². The Labute approximate surface area is 86.6 Å². The van der Waals surface area contributed by atoms with Gasteiger partial charge in [0.1, 0.15) is 6.07 Å². The molecule has 0 unspecified atom stereocenters. The Hall–Kier alpha value is -1.17. The van der Waals surface area contributed by atoms with Crippen LogP contribution in [0.4, 0.5) is 0 Å². The van der Waals surface area contributed by atoms with Gasteiger partial charge in [-0.3, -0.25) is 9.98 Å². The molecule has 3 heteroatoms. The summed E-state index contributed by atoms with van der Waals surface area (Å²) < 4.78 is 0. The minimum Gasteiger partial charge on any atom is -0.284 e. The fourth-order valence-electron chi connectivity index (χ4n) is 0.699. The number of aliphatic imine (C=N–C) groups is 2. The molecular formula is C11H19N3. The molecule has 0 bridgehead atoms. The first kappa shape index (κ1) is 12.8. The van der Waals surface area contributed by atoms with E-state index >= 15 is 0 Å². The smallest absolute Gasteiger partial charge is 0.153 e. The fourth-order valence-corrected chi connectivity index (χ4v) is 0.699. The Morgan fingerprint density at radius 1 is 1.07 bits per heavy atom. The molecule has 14 heavy (non-hydrogen) atoms. The molecule has 0 N–H and O–H groups in total. The highest BCUT2D eigenvalue weighted by molar-refractivity contribution is 6.38. The van der Waals surface area contributed by atoms with Crippen LogP contribution in [0.25, 0.3) is 0 Å². The van der Waals surface area contributed by atoms with Gasteiger partial charge in [-0.25, -0.2) is 0 Å². The number of hydrogen-bond acceptors (Lipinski definition) is 3. The normalized spacial score (nSPS) is 14.5. The molecule has 0 aromatic heterocycles. The second-order valence-electron chi connectivity index (χ2n) is 5.21. The average molecular weight is 193 g/mol. The second kappa shape index (κ2) is 4.36. The minimum absolute atomic E-state index is 0.157. The molecule has 0 spiro atoms. The lowest BCUT2D eigenvalue weighted by molar-refractivity contribution is 0.581. The molecule has 0 saturated carbocycles. The Bertz CT molecular complexity index is 279. The lowest BCUT2D eigenvalue weighted by atomic mass is 10.1. The largest absolute Gasteiger partial charge is 0.284 e. The Balaban J connectivity index is 4.73. The van der Waals surface area contributed by atoms with Crippen molar-refractivity contribution >= 4 is 11.9 Å². The van der Waals surface area contributed by atoms with Gasteiger partial charge in [-0.1, -0.05) is 0 Å². The van der Waals surface area contributed by atoms with Gasteiger partial charge in [-0.15, -0.1) is 0 Å². The summed E-state index contributed by atoms with van der Waals surface area (Å²) >= 11 is 0. The molecule has 0 rings (SSSR count). The molecule has 0 aliphatic heterocycles. The molecule has 0 amide bonds. The van der Waals surface area contributed by atoms with E-state index in [2.05, 4.69) is 9.98 Å². The van der Waals surface area contributed by atoms with E-state index in [0.717, 1.165) is 0 Å². The van der Waals surface area contributed by atoms with Gasteiger partial charge in [0.15, 0.2) is 5.71 Å². The summed E-state index contributed by atoms with van der Waals surface area (Å²) in [5.41, 5.74) is -0.00258. The van der Waals surface area contributed by atoms with E-state index in [-0.39, 0.29) is 11.1 Å². The third-order valence-electron chi connectivity index (χ3n) is 1.14. The van der Waals surface area contributed by atoms with Crippen LogP contribution >= 0.6 is 0 Å². The van der Waals surface area contributed by atoms with Gasteiger partial charge in [0.2, 0.25) is 0 Å². The molecule has 0 aromatic rings. The van der Waals surface area contributed by atoms with Crippen molar-refractivity contribution in [1.29, 1.82) is 5.26 Å². The Morgan fingerprint density at radius 3 is 1.86 bits per heavy atom. The molecule has 0 radical (unpaired) electrons. The maximum atomic E-state index is 8.81. The summed E-state index contributed by atoms with van der Waals surface area (Å²) in [5, 5.41) is 8.81. The van der Waals surface area contributed by atoms with Gasteiger partial charge < -0.3 is 0 Å². The molecule has 0 aromatic carbocycles. The highest BCUT2D eigenvalue weighted by Gasteiger charge is 2.10. The van der Waals surface area contributed by atoms with Crippen molar-refractivity contribution in [3.63, 3.8) is 0 Å². The second-order valence-corrected chi connectivity index (χ2v) is 5.21. The average Bonchev–Trinajstić information content (AvgIpc) is 1.94. The maximum absolute atomic E-state index is 8.81. The third kappa shape index (κ3) is 7.48. The summed E-state index contributed by atoms with van der Waals surface area (Å²) in [4.78, 5) is 8.47. The van der Waals surface area contributed by atoms with Crippen LogP contribution in [-0.2, 0) is 0 Å². The standard InChI is InChI=1S/C11H19N3/c1-10(2,3)13-8-9(7-12)14-11(4,5)6/h8H,1-6H3. The number of nitriles is 1. The van der Waals surface area contributed by atoms with E-state index in [1.54, 1.807) is 6.21 Å². The summed E-state index contributed by atoms with van der Waals surface area (Å²) in [6, 6.07) is 2.03. The van der Waals surface area contributed by atoms with Crippen LogP contribution in [0.3, 0.4) is 0 Å². The fraction of sp³-hybridized carbons (Fsp3) is 0.727. The first-order chi connectivity index (χ1) is 6.14. The van der Waals surface area contributed by atoms with Crippen molar-refractivity contribution in [3.8, 4) is 6.07 Å². The van der Waals surface area contributed by atoms with Crippen LogP contribution in [0.1, 0.15) is 41.5 Å². The Kier molecular flexibility index (Phi) is 4.00. The quantitative estimate of drug-likeness (QED) is 0.590. The van der Waals surface area contributed by atoms with E-state index in [0.29, 0.717) is 5.71 Å². The summed E-state index contributed by atoms with van der Waals surface area (Å²) in [5.74, 6) is 0. The monoisotopic (exact) mass is 193 g/mol. The number of hydrogen-bond donors (Lipinski definition) is 0. The van der Waals surface area contributed by atoms with Gasteiger partial charge in [-0.2, -0.15) is 5.26 Å². The zero-order valence-corrected chi connectivity index (χ0v) is 9.92. The van der Waals surface area contributed by atoms with Crippen LogP contribution < -0.4 is 0 Å². The molecule has 0 aliphatic carbocycles. The van der Waals surface area contributed by atoms with Crippen molar-refractivity contribution in [2.45, 2.75) is 52.6 Å². The lowest BCUT2D eigenvalue weighted by Gasteiger charge is -2.13. The van der Waals surface area contributed by atoms with Crippen LogP contribution in [0.5, 0.6) is 0 Å². The molecule has 0 saturated heterocycles. The van der Waals surface area contributed by atoms with E-state index in [4.69, 9.17) is 5.26 Å². The summed E-state index contributed by atoms with van der Waals surface area (Å²) in [7, 11) is 0. The minimum atomic E-state index is -0.227. The van der Waals surface area contributed by atoms with Crippen molar-refractivity contribution in [2.24, 2.45) is 9.98 Å². The zero-order chi connectivity index (χ0) is 11.4. The van der Waals surface area contributed by atoms with Gasteiger partial charge in [0.25, 0.3) is 0 Å². The molecule has 78 valence electrons. The number of rotatable bonds is 1. The van der Waals surface area contributed by atoms with Gasteiger partial charge in [0.05, 0.1) is 17.3 Å². The van der Waals surface area contributed by atoms with E-state index < -0.39 is 0 Å². The molecular weight excluding hydrogens is 174 g/mol. The van der Waals surface area contributed by atoms with E-state index in [1.165, 1.54) is 0 Å². The molecule has 0 fully saturated rings. The van der Waals surface area contributed by atoms with Crippen molar-refractivity contribution in [1.82, 2.24) is 0 Å². The molecule has 0 atom stereocenters. The van der Waals surface area contributed by atoms with Crippen LogP contribution in [0, 0.1) is 11.3 Å². The van der Waals surface area contributed by atoms with Crippen molar-refractivity contribution < 1.29 is 0 Å². The maximum Gasteiger partial charge on any atom is 0.153 e. The van der Waals surface area contributed by atoms with Crippen LogP contribution in [0.15, 0.2) is 9.98 Å².